The molecule has 1 saturated heterocycles. The summed E-state index contributed by atoms with van der Waals surface area (Å²) < 4.78 is 0. The van der Waals surface area contributed by atoms with Crippen LogP contribution in [-0.2, 0) is 0 Å². The fourth-order valence-electron chi connectivity index (χ4n) is 0.866. The molecule has 54 valence electrons. The first-order chi connectivity index (χ1) is 4.34. The zero-order chi connectivity index (χ0) is 6.69. The Balaban J connectivity index is 1.96. The van der Waals surface area contributed by atoms with E-state index in [-0.39, 0.29) is 0 Å². The third kappa shape index (κ3) is 2.30. The summed E-state index contributed by atoms with van der Waals surface area (Å²) in [5, 5.41) is 3.30. The van der Waals surface area contributed by atoms with Gasteiger partial charge in [0.2, 0.25) is 0 Å². The van der Waals surface area contributed by atoms with Crippen molar-refractivity contribution in [1.29, 1.82) is 0 Å². The highest BCUT2D eigenvalue weighted by atomic mass is 15.4. The predicted octanol–water partition coefficient (Wildman–Crippen LogP) is -0.804. The normalized spacial score (nSPS) is 22.0. The van der Waals surface area contributed by atoms with Crippen LogP contribution in [0, 0.1) is 0 Å². The zero-order valence-electron chi connectivity index (χ0n) is 5.93. The van der Waals surface area contributed by atoms with Crippen molar-refractivity contribution in [3.05, 3.63) is 0 Å². The Morgan fingerprint density at radius 3 is 2.78 bits per heavy atom. The Morgan fingerprint density at radius 2 is 2.33 bits per heavy atom. The van der Waals surface area contributed by atoms with Gasteiger partial charge in [0.05, 0.1) is 6.17 Å². The van der Waals surface area contributed by atoms with Crippen LogP contribution in [0.15, 0.2) is 0 Å². The van der Waals surface area contributed by atoms with Crippen LogP contribution in [0.3, 0.4) is 0 Å². The highest BCUT2D eigenvalue weighted by Gasteiger charge is 2.22. The molecular formula is C6H15N3. The lowest BCUT2D eigenvalue weighted by Gasteiger charge is -2.12. The molecule has 1 aliphatic rings. The summed E-state index contributed by atoms with van der Waals surface area (Å²) in [6, 6.07) is 0. The van der Waals surface area contributed by atoms with E-state index in [1.54, 1.807) is 0 Å². The summed E-state index contributed by atoms with van der Waals surface area (Å²) in [4.78, 5) is 2.36. The fourth-order valence-corrected chi connectivity index (χ4v) is 0.866. The van der Waals surface area contributed by atoms with Gasteiger partial charge in [0.1, 0.15) is 0 Å². The van der Waals surface area contributed by atoms with Crippen molar-refractivity contribution >= 4 is 0 Å². The Morgan fingerprint density at radius 1 is 1.67 bits per heavy atom. The summed E-state index contributed by atoms with van der Waals surface area (Å²) in [6.07, 6.45) is 0.536. The van der Waals surface area contributed by atoms with Gasteiger partial charge in [-0.05, 0) is 6.92 Å². The lowest BCUT2D eigenvalue weighted by molar-refractivity contribution is 0.360. The molecule has 1 rings (SSSR count). The average Bonchev–Trinajstić information content (AvgIpc) is 2.63. The third-order valence-electron chi connectivity index (χ3n) is 1.61. The minimum Gasteiger partial charge on any atom is -0.329 e. The number of nitrogens with one attached hydrogen (secondary N) is 1. The molecule has 1 heterocycles. The van der Waals surface area contributed by atoms with E-state index < -0.39 is 0 Å². The number of hydrogen-bond donors (Lipinski definition) is 2. The molecule has 3 nitrogen and oxygen atoms in total. The second kappa shape index (κ2) is 3.15. The highest BCUT2D eigenvalue weighted by molar-refractivity contribution is 4.77. The predicted molar refractivity (Wildman–Crippen MR) is 38.1 cm³/mol. The average molecular weight is 129 g/mol. The van der Waals surface area contributed by atoms with Crippen LogP contribution in [0.5, 0.6) is 0 Å². The SMILES string of the molecule is CC(NCCN)N1CC1. The molecular weight excluding hydrogens is 114 g/mol. The molecule has 3 N–H and O–H groups in total. The van der Waals surface area contributed by atoms with Crippen LogP contribution in [0.2, 0.25) is 0 Å². The van der Waals surface area contributed by atoms with Crippen molar-refractivity contribution < 1.29 is 0 Å². The maximum atomic E-state index is 5.32. The van der Waals surface area contributed by atoms with Crippen molar-refractivity contribution in [2.75, 3.05) is 26.2 Å². The quantitative estimate of drug-likeness (QED) is 0.488. The highest BCUT2D eigenvalue weighted by Crippen LogP contribution is 2.06. The molecule has 0 aromatic rings. The van der Waals surface area contributed by atoms with Crippen molar-refractivity contribution in [3.63, 3.8) is 0 Å². The van der Waals surface area contributed by atoms with Crippen LogP contribution in [-0.4, -0.2) is 37.2 Å². The Bertz CT molecular complexity index is 80.4. The summed E-state index contributed by atoms with van der Waals surface area (Å²) in [6.45, 7) is 6.33. The molecule has 1 atom stereocenters. The van der Waals surface area contributed by atoms with E-state index in [2.05, 4.69) is 17.1 Å². The van der Waals surface area contributed by atoms with Gasteiger partial charge in [-0.3, -0.25) is 4.90 Å². The molecule has 1 aliphatic heterocycles. The summed E-state index contributed by atoms with van der Waals surface area (Å²) in [7, 11) is 0. The maximum absolute atomic E-state index is 5.32. The zero-order valence-corrected chi connectivity index (χ0v) is 5.93. The van der Waals surface area contributed by atoms with E-state index in [0.717, 1.165) is 13.1 Å². The number of nitrogens with two attached hydrogens (primary N) is 1. The topological polar surface area (TPSA) is 41.1 Å². The van der Waals surface area contributed by atoms with Gasteiger partial charge >= 0.3 is 0 Å². The fraction of sp³-hybridized carbons (Fsp3) is 1.00. The van der Waals surface area contributed by atoms with Crippen LogP contribution >= 0.6 is 0 Å². The molecule has 0 aromatic heterocycles. The molecule has 0 aliphatic carbocycles. The molecule has 0 amide bonds. The number of hydrogen-bond acceptors (Lipinski definition) is 3. The van der Waals surface area contributed by atoms with Gasteiger partial charge in [0.15, 0.2) is 0 Å². The van der Waals surface area contributed by atoms with E-state index in [4.69, 9.17) is 5.73 Å². The maximum Gasteiger partial charge on any atom is 0.0569 e. The Labute approximate surface area is 56.2 Å². The number of rotatable bonds is 4. The van der Waals surface area contributed by atoms with Crippen LogP contribution in [0.1, 0.15) is 6.92 Å². The summed E-state index contributed by atoms with van der Waals surface area (Å²) >= 11 is 0. The van der Waals surface area contributed by atoms with Crippen molar-refractivity contribution in [2.45, 2.75) is 13.1 Å². The van der Waals surface area contributed by atoms with Gasteiger partial charge < -0.3 is 11.1 Å². The smallest absolute Gasteiger partial charge is 0.0569 e. The number of nitrogens with zero attached hydrogens (tertiary/aromatic N) is 1. The minimum absolute atomic E-state index is 0.536. The Hall–Kier alpha value is -0.120. The minimum atomic E-state index is 0.536. The first-order valence-electron chi connectivity index (χ1n) is 3.52. The first-order valence-corrected chi connectivity index (χ1v) is 3.52. The molecule has 0 radical (unpaired) electrons. The largest absolute Gasteiger partial charge is 0.329 e. The monoisotopic (exact) mass is 129 g/mol. The molecule has 9 heavy (non-hydrogen) atoms. The summed E-state index contributed by atoms with van der Waals surface area (Å²) in [5.74, 6) is 0. The van der Waals surface area contributed by atoms with Gasteiger partial charge in [-0.25, -0.2) is 0 Å². The molecule has 1 fully saturated rings. The second-order valence-electron chi connectivity index (χ2n) is 2.45. The van der Waals surface area contributed by atoms with Gasteiger partial charge in [-0.15, -0.1) is 0 Å². The molecule has 0 bridgehead atoms. The molecule has 0 saturated carbocycles. The van der Waals surface area contributed by atoms with Gasteiger partial charge in [0, 0.05) is 26.2 Å². The van der Waals surface area contributed by atoms with Gasteiger partial charge in [0.25, 0.3) is 0 Å². The summed E-state index contributed by atoms with van der Waals surface area (Å²) in [5.41, 5.74) is 5.32. The third-order valence-corrected chi connectivity index (χ3v) is 1.61. The standard InChI is InChI=1S/C6H15N3/c1-6(8-3-2-7)9-4-5-9/h6,8H,2-5,7H2,1H3. The van der Waals surface area contributed by atoms with E-state index in [1.807, 2.05) is 0 Å². The van der Waals surface area contributed by atoms with Crippen LogP contribution in [0.4, 0.5) is 0 Å². The molecule has 3 heteroatoms. The second-order valence-corrected chi connectivity index (χ2v) is 2.45. The molecule has 1 unspecified atom stereocenters. The lowest BCUT2D eigenvalue weighted by Crippen LogP contribution is -2.36. The molecule has 0 spiro atoms. The van der Waals surface area contributed by atoms with E-state index in [0.29, 0.717) is 6.17 Å². The van der Waals surface area contributed by atoms with Gasteiger partial charge in [-0.1, -0.05) is 0 Å². The van der Waals surface area contributed by atoms with Gasteiger partial charge in [-0.2, -0.15) is 0 Å². The lowest BCUT2D eigenvalue weighted by atomic mass is 10.5. The van der Waals surface area contributed by atoms with Crippen LogP contribution < -0.4 is 11.1 Å². The van der Waals surface area contributed by atoms with Crippen molar-refractivity contribution in [3.8, 4) is 0 Å². The van der Waals surface area contributed by atoms with E-state index in [1.165, 1.54) is 13.1 Å². The Kier molecular flexibility index (Phi) is 2.45. The van der Waals surface area contributed by atoms with Crippen molar-refractivity contribution in [1.82, 2.24) is 10.2 Å². The van der Waals surface area contributed by atoms with Crippen LogP contribution in [0.25, 0.3) is 0 Å². The van der Waals surface area contributed by atoms with Crippen molar-refractivity contribution in [2.24, 2.45) is 5.73 Å². The van der Waals surface area contributed by atoms with E-state index >= 15 is 0 Å². The first kappa shape index (κ1) is 6.99. The van der Waals surface area contributed by atoms with E-state index in [9.17, 15) is 0 Å². The molecule has 0 aromatic carbocycles.